The molecule has 2 aromatic carbocycles. The summed E-state index contributed by atoms with van der Waals surface area (Å²) < 4.78 is 34.0. The molecule has 30 heavy (non-hydrogen) atoms. The van der Waals surface area contributed by atoms with Crippen molar-refractivity contribution in [3.05, 3.63) is 53.1 Å². The molecule has 0 aromatic heterocycles. The second-order valence-corrected chi connectivity index (χ2v) is 10.9. The Hall–Kier alpha value is -2.70. The van der Waals surface area contributed by atoms with E-state index in [1.807, 2.05) is 27.7 Å². The Morgan fingerprint density at radius 3 is 1.97 bits per heavy atom. The van der Waals surface area contributed by atoms with Gasteiger partial charge in [-0.2, -0.15) is 5.26 Å². The Balaban J connectivity index is 2.27. The number of nitrogens with one attached hydrogen (secondary N) is 3. The molecule has 0 spiro atoms. The number of benzene rings is 2. The van der Waals surface area contributed by atoms with E-state index in [4.69, 9.17) is 4.78 Å². The van der Waals surface area contributed by atoms with Crippen molar-refractivity contribution in [3.8, 4) is 6.07 Å². The minimum Gasteiger partial charge on any atom is -0.307 e. The van der Waals surface area contributed by atoms with E-state index < -0.39 is 26.7 Å². The van der Waals surface area contributed by atoms with E-state index in [0.717, 1.165) is 17.4 Å². The zero-order valence-electron chi connectivity index (χ0n) is 17.6. The number of amides is 2. The van der Waals surface area contributed by atoms with Crippen molar-refractivity contribution in [2.75, 3.05) is 11.6 Å². The Morgan fingerprint density at radius 2 is 1.57 bits per heavy atom. The van der Waals surface area contributed by atoms with E-state index in [9.17, 15) is 18.5 Å². The van der Waals surface area contributed by atoms with Crippen LogP contribution in [0.4, 0.5) is 10.5 Å². The van der Waals surface area contributed by atoms with Crippen LogP contribution in [0.15, 0.2) is 46.2 Å². The number of rotatable bonds is 6. The SMILES string of the molecule is CC(C)c1cc(C#N)cc(C(C)C)c1NC(=O)N[S@@](=N)c1ccc(S(C)(=O)=O)cc1. The average Bonchev–Trinajstić information content (AvgIpc) is 2.66. The molecule has 0 aliphatic heterocycles. The highest BCUT2D eigenvalue weighted by molar-refractivity contribution is 7.90. The summed E-state index contributed by atoms with van der Waals surface area (Å²) in [5.74, 6) is 0.174. The quantitative estimate of drug-likeness (QED) is 0.596. The smallest absolute Gasteiger partial charge is 0.307 e. The predicted molar refractivity (Wildman–Crippen MR) is 119 cm³/mol. The topological polar surface area (TPSA) is 123 Å². The largest absolute Gasteiger partial charge is 0.330 e. The fraction of sp³-hybridized carbons (Fsp3) is 0.333. The van der Waals surface area contributed by atoms with Crippen LogP contribution in [0, 0.1) is 16.1 Å². The summed E-state index contributed by atoms with van der Waals surface area (Å²) in [5.41, 5.74) is 2.91. The summed E-state index contributed by atoms with van der Waals surface area (Å²) >= 11 is 0. The van der Waals surface area contributed by atoms with Crippen molar-refractivity contribution in [2.24, 2.45) is 0 Å². The molecule has 7 nitrogen and oxygen atoms in total. The Morgan fingerprint density at radius 1 is 1.07 bits per heavy atom. The number of carbonyl (C=O) groups excluding carboxylic acids is 1. The minimum absolute atomic E-state index is 0.0869. The lowest BCUT2D eigenvalue weighted by Gasteiger charge is -2.21. The van der Waals surface area contributed by atoms with E-state index in [0.29, 0.717) is 16.1 Å². The zero-order chi connectivity index (χ0) is 22.6. The number of nitriles is 1. The number of nitrogens with zero attached hydrogens (tertiary/aromatic N) is 1. The number of carbonyl (C=O) groups is 1. The highest BCUT2D eigenvalue weighted by Gasteiger charge is 2.18. The first-order chi connectivity index (χ1) is 13.9. The maximum atomic E-state index is 12.6. The first-order valence-corrected chi connectivity index (χ1v) is 12.5. The molecular weight excluding hydrogens is 420 g/mol. The third-order valence-corrected chi connectivity index (χ3v) is 6.75. The normalized spacial score (nSPS) is 12.5. The Labute approximate surface area is 180 Å². The van der Waals surface area contributed by atoms with Crippen LogP contribution >= 0.6 is 0 Å². The highest BCUT2D eigenvalue weighted by atomic mass is 32.2. The van der Waals surface area contributed by atoms with Crippen LogP contribution in [0.5, 0.6) is 0 Å². The first kappa shape index (κ1) is 23.6. The summed E-state index contributed by atoms with van der Waals surface area (Å²) in [6.07, 6.45) is 1.12. The van der Waals surface area contributed by atoms with Crippen molar-refractivity contribution < 1.29 is 13.2 Å². The van der Waals surface area contributed by atoms with Crippen molar-refractivity contribution in [1.82, 2.24) is 4.72 Å². The fourth-order valence-corrected chi connectivity index (χ4v) is 4.31. The predicted octanol–water partition coefficient (Wildman–Crippen LogP) is 4.68. The molecule has 1 atom stereocenters. The molecule has 0 fully saturated rings. The van der Waals surface area contributed by atoms with Gasteiger partial charge in [0.25, 0.3) is 0 Å². The molecular formula is C21H26N4O3S2. The molecule has 2 rings (SSSR count). The van der Waals surface area contributed by atoms with Gasteiger partial charge < -0.3 is 5.32 Å². The Bertz CT molecular complexity index is 1090. The van der Waals surface area contributed by atoms with Gasteiger partial charge in [-0.25, -0.2) is 13.2 Å². The highest BCUT2D eigenvalue weighted by Crippen LogP contribution is 2.33. The van der Waals surface area contributed by atoms with E-state index in [1.165, 1.54) is 24.3 Å². The van der Waals surface area contributed by atoms with E-state index >= 15 is 0 Å². The molecule has 2 aromatic rings. The molecule has 0 saturated heterocycles. The standard InChI is InChI=1S/C21H26N4O3S2/c1-13(2)18-10-15(12-22)11-19(14(3)4)20(18)24-21(26)25-29(23)16-6-8-17(9-7-16)30(5,27)28/h6-11,13-14H,1-5H3,(H3,23,24,25,26)/t29-/m1/s1. The minimum atomic E-state index is -3.32. The van der Waals surface area contributed by atoms with Gasteiger partial charge in [-0.1, -0.05) is 27.7 Å². The second-order valence-electron chi connectivity index (χ2n) is 7.56. The van der Waals surface area contributed by atoms with E-state index in [-0.39, 0.29) is 16.7 Å². The van der Waals surface area contributed by atoms with Crippen LogP contribution in [0.3, 0.4) is 0 Å². The van der Waals surface area contributed by atoms with Gasteiger partial charge in [-0.15, -0.1) is 0 Å². The van der Waals surface area contributed by atoms with Crippen LogP contribution in [-0.4, -0.2) is 20.7 Å². The molecule has 0 radical (unpaired) electrons. The van der Waals surface area contributed by atoms with E-state index in [1.54, 1.807) is 12.1 Å². The summed E-state index contributed by atoms with van der Waals surface area (Å²) in [4.78, 5) is 13.3. The van der Waals surface area contributed by atoms with Crippen molar-refractivity contribution in [3.63, 3.8) is 0 Å². The summed E-state index contributed by atoms with van der Waals surface area (Å²) in [6, 6.07) is 11.1. The fourth-order valence-electron chi connectivity index (χ4n) is 2.92. The number of anilines is 1. The summed E-state index contributed by atoms with van der Waals surface area (Å²) in [7, 11) is -4.69. The van der Waals surface area contributed by atoms with Gasteiger partial charge in [0.2, 0.25) is 0 Å². The molecule has 9 heteroatoms. The maximum absolute atomic E-state index is 12.6. The number of hydrogen-bond acceptors (Lipinski definition) is 5. The third-order valence-electron chi connectivity index (χ3n) is 4.49. The molecule has 3 N–H and O–H groups in total. The van der Waals surface area contributed by atoms with Gasteiger partial charge in [-0.05, 0) is 59.4 Å². The van der Waals surface area contributed by atoms with Crippen molar-refractivity contribution in [2.45, 2.75) is 49.3 Å². The zero-order valence-corrected chi connectivity index (χ0v) is 19.2. The van der Waals surface area contributed by atoms with E-state index in [2.05, 4.69) is 16.1 Å². The average molecular weight is 447 g/mol. The van der Waals surface area contributed by atoms with Crippen LogP contribution in [0.25, 0.3) is 0 Å². The molecule has 0 saturated carbocycles. The lowest BCUT2D eigenvalue weighted by Crippen LogP contribution is -2.31. The first-order valence-electron chi connectivity index (χ1n) is 9.35. The lowest BCUT2D eigenvalue weighted by atomic mass is 9.90. The monoisotopic (exact) mass is 446 g/mol. The van der Waals surface area contributed by atoms with Gasteiger partial charge in [-0.3, -0.25) is 9.50 Å². The molecule has 0 heterocycles. The molecule has 0 unspecified atom stereocenters. The Kier molecular flexibility index (Phi) is 7.39. The van der Waals surface area contributed by atoms with Crippen LogP contribution in [-0.2, 0) is 20.7 Å². The summed E-state index contributed by atoms with van der Waals surface area (Å²) in [6.45, 7) is 7.95. The summed E-state index contributed by atoms with van der Waals surface area (Å²) in [5, 5.41) is 12.2. The van der Waals surface area contributed by atoms with Crippen LogP contribution in [0.1, 0.15) is 56.2 Å². The molecule has 0 aliphatic rings. The van der Waals surface area contributed by atoms with Gasteiger partial charge in [0.15, 0.2) is 9.84 Å². The maximum Gasteiger partial charge on any atom is 0.330 e. The van der Waals surface area contributed by atoms with Gasteiger partial charge in [0.1, 0.15) is 0 Å². The van der Waals surface area contributed by atoms with Crippen LogP contribution in [0.2, 0.25) is 0 Å². The molecule has 160 valence electrons. The molecule has 0 aliphatic carbocycles. The van der Waals surface area contributed by atoms with Crippen LogP contribution < -0.4 is 10.0 Å². The number of urea groups is 1. The van der Waals surface area contributed by atoms with Gasteiger partial charge >= 0.3 is 6.03 Å². The molecule has 2 amide bonds. The third kappa shape index (κ3) is 5.68. The lowest BCUT2D eigenvalue weighted by molar-refractivity contribution is 0.257. The number of hydrogen-bond donors (Lipinski definition) is 3. The second kappa shape index (κ2) is 9.41. The molecule has 0 bridgehead atoms. The van der Waals surface area contributed by atoms with Crippen molar-refractivity contribution in [1.29, 1.82) is 10.0 Å². The van der Waals surface area contributed by atoms with Gasteiger partial charge in [0.05, 0.1) is 16.5 Å². The number of sulfone groups is 1. The van der Waals surface area contributed by atoms with Gasteiger partial charge in [0, 0.05) is 27.7 Å². The van der Waals surface area contributed by atoms with Crippen molar-refractivity contribution >= 4 is 32.4 Å².